The molecule has 0 aromatic carbocycles. The van der Waals surface area contributed by atoms with Crippen molar-refractivity contribution in [2.45, 2.75) is 46.8 Å². The molecule has 0 radical (unpaired) electrons. The van der Waals surface area contributed by atoms with Crippen molar-refractivity contribution in [2.75, 3.05) is 0 Å². The van der Waals surface area contributed by atoms with Gasteiger partial charge >= 0.3 is 0 Å². The molecule has 0 aromatic rings. The molecule has 0 saturated carbocycles. The fourth-order valence-electron chi connectivity index (χ4n) is 1.92. The lowest BCUT2D eigenvalue weighted by molar-refractivity contribution is 0.331. The molecule has 0 aromatic heterocycles. The zero-order chi connectivity index (χ0) is 11.0. The lowest BCUT2D eigenvalue weighted by Gasteiger charge is -2.31. The Balaban J connectivity index is 2.78. The van der Waals surface area contributed by atoms with E-state index in [0.717, 1.165) is 6.42 Å². The van der Waals surface area contributed by atoms with Gasteiger partial charge in [-0.2, -0.15) is 0 Å². The molecule has 1 aliphatic rings. The molecule has 0 saturated heterocycles. The third kappa shape index (κ3) is 3.70. The van der Waals surface area contributed by atoms with Crippen molar-refractivity contribution in [2.24, 2.45) is 5.41 Å². The molecule has 0 spiro atoms. The van der Waals surface area contributed by atoms with Gasteiger partial charge in [-0.15, -0.1) is 0 Å². The van der Waals surface area contributed by atoms with Crippen molar-refractivity contribution < 1.29 is 4.43 Å². The largest absolute Gasteiger partial charge is 0.547 e. The van der Waals surface area contributed by atoms with Crippen LogP contribution in [0.25, 0.3) is 0 Å². The van der Waals surface area contributed by atoms with Gasteiger partial charge in [0.15, 0.2) is 0 Å². The molecule has 0 heterocycles. The summed E-state index contributed by atoms with van der Waals surface area (Å²) in [6, 6.07) is 0. The molecule has 1 aliphatic carbocycles. The van der Waals surface area contributed by atoms with Gasteiger partial charge in [-0.25, -0.2) is 0 Å². The fourth-order valence-corrected chi connectivity index (χ4v) is 2.84. The van der Waals surface area contributed by atoms with E-state index in [0.29, 0.717) is 0 Å². The molecule has 0 aliphatic heterocycles. The summed E-state index contributed by atoms with van der Waals surface area (Å²) in [6.45, 7) is 13.4. The fraction of sp³-hybridized carbons (Fsp3) is 0.667. The van der Waals surface area contributed by atoms with Gasteiger partial charge in [0, 0.05) is 6.42 Å². The van der Waals surface area contributed by atoms with Crippen LogP contribution in [0.15, 0.2) is 23.5 Å². The Morgan fingerprint density at radius 2 is 1.86 bits per heavy atom. The highest BCUT2D eigenvalue weighted by Gasteiger charge is 2.25. The van der Waals surface area contributed by atoms with Crippen LogP contribution in [0.5, 0.6) is 0 Å². The maximum atomic E-state index is 6.04. The van der Waals surface area contributed by atoms with Crippen LogP contribution in [-0.2, 0) is 4.43 Å². The Morgan fingerprint density at radius 1 is 1.29 bits per heavy atom. The number of rotatable bonds is 2. The molecule has 0 amide bonds. The van der Waals surface area contributed by atoms with Gasteiger partial charge < -0.3 is 4.43 Å². The Morgan fingerprint density at radius 3 is 2.29 bits per heavy atom. The lowest BCUT2D eigenvalue weighted by atomic mass is 9.83. The van der Waals surface area contributed by atoms with Crippen molar-refractivity contribution >= 4 is 8.32 Å². The third-order valence-electron chi connectivity index (χ3n) is 2.07. The topological polar surface area (TPSA) is 9.23 Å². The van der Waals surface area contributed by atoms with Crippen molar-refractivity contribution in [3.05, 3.63) is 23.5 Å². The van der Waals surface area contributed by atoms with Gasteiger partial charge in [0.05, 0.1) is 5.76 Å². The second-order valence-corrected chi connectivity index (χ2v) is 10.3. The number of hydrogen-bond donors (Lipinski definition) is 0. The van der Waals surface area contributed by atoms with E-state index in [-0.39, 0.29) is 5.41 Å². The van der Waals surface area contributed by atoms with Gasteiger partial charge in [0.25, 0.3) is 0 Å². The van der Waals surface area contributed by atoms with E-state index in [9.17, 15) is 0 Å². The zero-order valence-electron chi connectivity index (χ0n) is 10.3. The molecule has 0 unspecified atom stereocenters. The second kappa shape index (κ2) is 3.57. The predicted molar refractivity (Wildman–Crippen MR) is 64.7 cm³/mol. The molecule has 0 atom stereocenters. The van der Waals surface area contributed by atoms with Gasteiger partial charge in [-0.05, 0) is 38.1 Å². The van der Waals surface area contributed by atoms with Gasteiger partial charge in [0.2, 0.25) is 8.32 Å². The van der Waals surface area contributed by atoms with Gasteiger partial charge in [0.1, 0.15) is 0 Å². The van der Waals surface area contributed by atoms with E-state index in [1.54, 1.807) is 0 Å². The monoisotopic (exact) mass is 210 g/mol. The zero-order valence-corrected chi connectivity index (χ0v) is 11.3. The minimum atomic E-state index is -1.43. The Bertz CT molecular complexity index is 279. The van der Waals surface area contributed by atoms with Crippen LogP contribution >= 0.6 is 0 Å². The quantitative estimate of drug-likeness (QED) is 0.624. The Labute approximate surface area is 89.0 Å². The highest BCUT2D eigenvalue weighted by Crippen LogP contribution is 2.34. The van der Waals surface area contributed by atoms with Gasteiger partial charge in [-0.1, -0.05) is 25.5 Å². The standard InChI is InChI=1S/C12H22OSi/c1-10-7-11(13-14(4,5)6)9-12(2,3)8-10/h7-8H,9H2,1-6H3. The molecule has 14 heavy (non-hydrogen) atoms. The number of allylic oxidation sites excluding steroid dienone is 4. The first-order valence-electron chi connectivity index (χ1n) is 5.27. The van der Waals surface area contributed by atoms with Crippen molar-refractivity contribution in [1.82, 2.24) is 0 Å². The molecule has 80 valence electrons. The van der Waals surface area contributed by atoms with E-state index in [1.165, 1.54) is 11.3 Å². The Kier molecular flexibility index (Phi) is 2.95. The molecular formula is C12H22OSi. The van der Waals surface area contributed by atoms with Crippen molar-refractivity contribution in [3.63, 3.8) is 0 Å². The summed E-state index contributed by atoms with van der Waals surface area (Å²) in [5.74, 6) is 1.18. The van der Waals surface area contributed by atoms with E-state index >= 15 is 0 Å². The molecule has 0 bridgehead atoms. The summed E-state index contributed by atoms with van der Waals surface area (Å²) in [5, 5.41) is 0. The van der Waals surface area contributed by atoms with Crippen molar-refractivity contribution in [3.8, 4) is 0 Å². The molecule has 2 heteroatoms. The minimum Gasteiger partial charge on any atom is -0.547 e. The van der Waals surface area contributed by atoms with Crippen LogP contribution < -0.4 is 0 Å². The SMILES string of the molecule is CC1=CC(C)(C)CC(O[Si](C)(C)C)=C1. The van der Waals surface area contributed by atoms with E-state index < -0.39 is 8.32 Å². The molecule has 0 fully saturated rings. The van der Waals surface area contributed by atoms with Crippen LogP contribution in [0, 0.1) is 5.41 Å². The van der Waals surface area contributed by atoms with E-state index in [4.69, 9.17) is 4.43 Å². The van der Waals surface area contributed by atoms with Crippen LogP contribution in [0.2, 0.25) is 19.6 Å². The van der Waals surface area contributed by atoms with E-state index in [2.05, 4.69) is 52.6 Å². The maximum Gasteiger partial charge on any atom is 0.241 e. The van der Waals surface area contributed by atoms with E-state index in [1.807, 2.05) is 0 Å². The first-order chi connectivity index (χ1) is 6.18. The summed E-state index contributed by atoms with van der Waals surface area (Å²) in [7, 11) is -1.43. The summed E-state index contributed by atoms with van der Waals surface area (Å²) in [4.78, 5) is 0. The minimum absolute atomic E-state index is 0.258. The summed E-state index contributed by atoms with van der Waals surface area (Å²) in [5.41, 5.74) is 1.59. The molecule has 0 N–H and O–H groups in total. The maximum absolute atomic E-state index is 6.04. The Hall–Kier alpha value is -0.503. The van der Waals surface area contributed by atoms with Crippen molar-refractivity contribution in [1.29, 1.82) is 0 Å². The average Bonchev–Trinajstić information content (AvgIpc) is 1.74. The molecule has 1 rings (SSSR count). The summed E-state index contributed by atoms with van der Waals surface area (Å²) in [6.07, 6.45) is 5.54. The number of hydrogen-bond acceptors (Lipinski definition) is 1. The smallest absolute Gasteiger partial charge is 0.241 e. The lowest BCUT2D eigenvalue weighted by Crippen LogP contribution is -2.27. The molecule has 1 nitrogen and oxygen atoms in total. The predicted octanol–water partition coefficient (Wildman–Crippen LogP) is 4.10. The van der Waals surface area contributed by atoms with Crippen LogP contribution in [-0.4, -0.2) is 8.32 Å². The van der Waals surface area contributed by atoms with Crippen LogP contribution in [0.4, 0.5) is 0 Å². The van der Waals surface area contributed by atoms with Crippen LogP contribution in [0.3, 0.4) is 0 Å². The summed E-state index contributed by atoms with van der Waals surface area (Å²) < 4.78 is 6.04. The van der Waals surface area contributed by atoms with Crippen LogP contribution in [0.1, 0.15) is 27.2 Å². The summed E-state index contributed by atoms with van der Waals surface area (Å²) >= 11 is 0. The third-order valence-corrected chi connectivity index (χ3v) is 2.95. The average molecular weight is 210 g/mol. The first-order valence-corrected chi connectivity index (χ1v) is 8.68. The first kappa shape index (κ1) is 11.6. The normalized spacial score (nSPS) is 21.3. The van der Waals surface area contributed by atoms with Gasteiger partial charge in [-0.3, -0.25) is 0 Å². The highest BCUT2D eigenvalue weighted by atomic mass is 28.4. The highest BCUT2D eigenvalue weighted by molar-refractivity contribution is 6.70. The second-order valence-electron chi connectivity index (χ2n) is 5.88. The molecular weight excluding hydrogens is 188 g/mol.